The molecular formula is C19H28N2O2. The summed E-state index contributed by atoms with van der Waals surface area (Å²) in [6.45, 7) is 5.98. The molecule has 2 atom stereocenters. The number of ether oxygens (including phenoxy) is 2. The summed E-state index contributed by atoms with van der Waals surface area (Å²) >= 11 is 0. The van der Waals surface area contributed by atoms with Crippen molar-refractivity contribution in [3.63, 3.8) is 0 Å². The number of benzene rings is 1. The van der Waals surface area contributed by atoms with Gasteiger partial charge in [-0.3, -0.25) is 9.80 Å². The summed E-state index contributed by atoms with van der Waals surface area (Å²) in [5.41, 5.74) is 1.44. The molecule has 0 unspecified atom stereocenters. The Hall–Kier alpha value is -0.940. The van der Waals surface area contributed by atoms with Crippen molar-refractivity contribution in [1.82, 2.24) is 9.80 Å². The van der Waals surface area contributed by atoms with E-state index in [1.807, 2.05) is 0 Å². The molecule has 0 spiro atoms. The van der Waals surface area contributed by atoms with E-state index < -0.39 is 0 Å². The van der Waals surface area contributed by atoms with Crippen LogP contribution in [0.2, 0.25) is 0 Å². The third kappa shape index (κ3) is 3.61. The smallest absolute Gasteiger partial charge is 0.170 e. The molecule has 0 aliphatic carbocycles. The van der Waals surface area contributed by atoms with E-state index in [9.17, 15) is 0 Å². The number of hydrogen-bond donors (Lipinski definition) is 0. The van der Waals surface area contributed by atoms with E-state index in [2.05, 4.69) is 40.1 Å². The van der Waals surface area contributed by atoms with Gasteiger partial charge < -0.3 is 9.47 Å². The minimum absolute atomic E-state index is 0.000392. The van der Waals surface area contributed by atoms with Gasteiger partial charge in [0.2, 0.25) is 0 Å². The highest BCUT2D eigenvalue weighted by Gasteiger charge is 2.38. The lowest BCUT2D eigenvalue weighted by Crippen LogP contribution is -2.48. The van der Waals surface area contributed by atoms with Crippen LogP contribution in [0.5, 0.6) is 0 Å². The number of likely N-dealkylation sites (tertiary alicyclic amines) is 2. The Morgan fingerprint density at radius 1 is 0.870 bits per heavy atom. The SMILES string of the molecule is c1ccc(CN2CCC[C@H]2[C@@H]2CCCN2CC2OCCO2)cc1. The first-order valence-electron chi connectivity index (χ1n) is 9.15. The van der Waals surface area contributed by atoms with Crippen LogP contribution in [0.4, 0.5) is 0 Å². The van der Waals surface area contributed by atoms with Gasteiger partial charge in [0, 0.05) is 25.2 Å². The normalized spacial score (nSPS) is 30.4. The molecule has 3 aliphatic heterocycles. The molecule has 3 fully saturated rings. The summed E-state index contributed by atoms with van der Waals surface area (Å²) < 4.78 is 11.3. The molecule has 0 radical (unpaired) electrons. The standard InChI is InChI=1S/C19H28N2O2/c1-2-6-16(7-3-1)14-20-10-4-8-17(20)18-9-5-11-21(18)15-19-22-12-13-23-19/h1-3,6-7,17-19H,4-5,8-15H2/t17-,18-/m0/s1. The summed E-state index contributed by atoms with van der Waals surface area (Å²) in [6, 6.07) is 12.3. The Bertz CT molecular complexity index is 489. The van der Waals surface area contributed by atoms with Crippen LogP contribution >= 0.6 is 0 Å². The van der Waals surface area contributed by atoms with Crippen molar-refractivity contribution in [2.24, 2.45) is 0 Å². The molecule has 126 valence electrons. The first kappa shape index (κ1) is 15.6. The van der Waals surface area contributed by atoms with Gasteiger partial charge in [-0.15, -0.1) is 0 Å². The molecule has 3 saturated heterocycles. The zero-order valence-corrected chi connectivity index (χ0v) is 13.9. The molecule has 3 aliphatic rings. The van der Waals surface area contributed by atoms with Gasteiger partial charge in [0.05, 0.1) is 13.2 Å². The Labute approximate surface area is 139 Å². The van der Waals surface area contributed by atoms with Crippen LogP contribution in [-0.2, 0) is 16.0 Å². The second kappa shape index (κ2) is 7.31. The quantitative estimate of drug-likeness (QED) is 0.833. The molecule has 1 aromatic carbocycles. The average molecular weight is 316 g/mol. The van der Waals surface area contributed by atoms with Crippen LogP contribution in [-0.4, -0.2) is 61.0 Å². The summed E-state index contributed by atoms with van der Waals surface area (Å²) in [6.07, 6.45) is 5.30. The molecule has 0 bridgehead atoms. The maximum Gasteiger partial charge on any atom is 0.170 e. The fourth-order valence-electron chi connectivity index (χ4n) is 4.52. The largest absolute Gasteiger partial charge is 0.349 e. The van der Waals surface area contributed by atoms with E-state index in [0.717, 1.165) is 26.3 Å². The van der Waals surface area contributed by atoms with Crippen LogP contribution in [0.3, 0.4) is 0 Å². The highest BCUT2D eigenvalue weighted by Crippen LogP contribution is 2.31. The highest BCUT2D eigenvalue weighted by molar-refractivity contribution is 5.15. The average Bonchev–Trinajstić information content (AvgIpc) is 3.31. The molecule has 3 heterocycles. The summed E-state index contributed by atoms with van der Waals surface area (Å²) in [7, 11) is 0. The van der Waals surface area contributed by atoms with Crippen LogP contribution in [0.25, 0.3) is 0 Å². The van der Waals surface area contributed by atoms with Crippen molar-refractivity contribution in [2.45, 2.75) is 50.6 Å². The summed E-state index contributed by atoms with van der Waals surface area (Å²) in [4.78, 5) is 5.33. The van der Waals surface area contributed by atoms with Gasteiger partial charge in [-0.1, -0.05) is 30.3 Å². The van der Waals surface area contributed by atoms with Crippen LogP contribution < -0.4 is 0 Å². The lowest BCUT2D eigenvalue weighted by molar-refractivity contribution is -0.0678. The number of hydrogen-bond acceptors (Lipinski definition) is 4. The Morgan fingerprint density at radius 3 is 2.26 bits per heavy atom. The van der Waals surface area contributed by atoms with Gasteiger partial charge >= 0.3 is 0 Å². The van der Waals surface area contributed by atoms with Gasteiger partial charge in [0.1, 0.15) is 0 Å². The van der Waals surface area contributed by atoms with Gasteiger partial charge in [-0.2, -0.15) is 0 Å². The first-order valence-corrected chi connectivity index (χ1v) is 9.15. The predicted molar refractivity (Wildman–Crippen MR) is 90.2 cm³/mol. The van der Waals surface area contributed by atoms with Crippen molar-refractivity contribution in [3.8, 4) is 0 Å². The van der Waals surface area contributed by atoms with Crippen molar-refractivity contribution >= 4 is 0 Å². The molecule has 1 aromatic rings. The molecule has 4 heteroatoms. The van der Waals surface area contributed by atoms with E-state index in [1.165, 1.54) is 44.3 Å². The number of rotatable bonds is 5. The molecule has 0 N–H and O–H groups in total. The molecule has 23 heavy (non-hydrogen) atoms. The predicted octanol–water partition coefficient (Wildman–Crippen LogP) is 2.49. The fraction of sp³-hybridized carbons (Fsp3) is 0.684. The number of nitrogens with zero attached hydrogens (tertiary/aromatic N) is 2. The zero-order chi connectivity index (χ0) is 15.5. The van der Waals surface area contributed by atoms with Crippen molar-refractivity contribution in [1.29, 1.82) is 0 Å². The van der Waals surface area contributed by atoms with Crippen molar-refractivity contribution in [2.75, 3.05) is 32.8 Å². The van der Waals surface area contributed by atoms with Gasteiger partial charge in [0.15, 0.2) is 6.29 Å². The second-order valence-electron chi connectivity index (χ2n) is 7.04. The molecule has 0 aromatic heterocycles. The summed E-state index contributed by atoms with van der Waals surface area (Å²) in [5.74, 6) is 0. The minimum atomic E-state index is -0.000392. The van der Waals surface area contributed by atoms with E-state index in [-0.39, 0.29) is 6.29 Å². The second-order valence-corrected chi connectivity index (χ2v) is 7.04. The lowest BCUT2D eigenvalue weighted by atomic mass is 10.0. The third-order valence-corrected chi connectivity index (χ3v) is 5.58. The van der Waals surface area contributed by atoms with Gasteiger partial charge in [0.25, 0.3) is 0 Å². The minimum Gasteiger partial charge on any atom is -0.349 e. The monoisotopic (exact) mass is 316 g/mol. The topological polar surface area (TPSA) is 24.9 Å². The van der Waals surface area contributed by atoms with E-state index >= 15 is 0 Å². The zero-order valence-electron chi connectivity index (χ0n) is 13.9. The Kier molecular flexibility index (Phi) is 4.95. The molecule has 0 amide bonds. The van der Waals surface area contributed by atoms with Crippen molar-refractivity contribution in [3.05, 3.63) is 35.9 Å². The molecule has 4 nitrogen and oxygen atoms in total. The first-order chi connectivity index (χ1) is 11.4. The molecular weight excluding hydrogens is 288 g/mol. The van der Waals surface area contributed by atoms with Gasteiger partial charge in [-0.25, -0.2) is 0 Å². The van der Waals surface area contributed by atoms with E-state index in [4.69, 9.17) is 9.47 Å². The Morgan fingerprint density at radius 2 is 1.52 bits per heavy atom. The summed E-state index contributed by atoms with van der Waals surface area (Å²) in [5, 5.41) is 0. The van der Waals surface area contributed by atoms with Crippen LogP contribution in [0.1, 0.15) is 31.2 Å². The highest BCUT2D eigenvalue weighted by atomic mass is 16.7. The fourth-order valence-corrected chi connectivity index (χ4v) is 4.52. The maximum atomic E-state index is 5.67. The third-order valence-electron chi connectivity index (χ3n) is 5.58. The van der Waals surface area contributed by atoms with Crippen LogP contribution in [0.15, 0.2) is 30.3 Å². The van der Waals surface area contributed by atoms with Crippen LogP contribution in [0, 0.1) is 0 Å². The lowest BCUT2D eigenvalue weighted by Gasteiger charge is -2.35. The molecule has 4 rings (SSSR count). The van der Waals surface area contributed by atoms with Gasteiger partial charge in [-0.05, 0) is 44.3 Å². The molecule has 0 saturated carbocycles. The maximum absolute atomic E-state index is 5.67. The van der Waals surface area contributed by atoms with E-state index in [0.29, 0.717) is 12.1 Å². The Balaban J connectivity index is 1.40. The van der Waals surface area contributed by atoms with E-state index in [1.54, 1.807) is 0 Å². The van der Waals surface area contributed by atoms with Crippen molar-refractivity contribution < 1.29 is 9.47 Å².